The van der Waals surface area contributed by atoms with Crippen LogP contribution in [0.1, 0.15) is 76.2 Å². The molecule has 0 fully saturated rings. The molecular weight excluding hydrogens is 239 g/mol. The van der Waals surface area contributed by atoms with Crippen LogP contribution < -0.4 is 0 Å². The summed E-state index contributed by atoms with van der Waals surface area (Å²) in [4.78, 5) is 9.37. The third kappa shape index (κ3) is 4.26. The summed E-state index contributed by atoms with van der Waals surface area (Å²) >= 11 is 0. The fourth-order valence-corrected chi connectivity index (χ4v) is 2.39. The van der Waals surface area contributed by atoms with Crippen molar-refractivity contribution in [1.29, 1.82) is 0 Å². The van der Waals surface area contributed by atoms with Gasteiger partial charge in [-0.05, 0) is 31.2 Å². The second kappa shape index (κ2) is 6.44. The van der Waals surface area contributed by atoms with Crippen LogP contribution in [0.3, 0.4) is 0 Å². The third-order valence-corrected chi connectivity index (χ3v) is 3.25. The number of nitrogens with zero attached hydrogens (tertiary/aromatic N) is 2. The first kappa shape index (κ1) is 16.1. The SMILES string of the molecule is Cc1nc(CCCCF)nc(C(C)(C)C)c1C(C)C. The maximum Gasteiger partial charge on any atom is 0.128 e. The van der Waals surface area contributed by atoms with Crippen molar-refractivity contribution >= 4 is 0 Å². The van der Waals surface area contributed by atoms with E-state index in [1.165, 1.54) is 5.56 Å². The van der Waals surface area contributed by atoms with Crippen molar-refractivity contribution in [3.8, 4) is 0 Å². The lowest BCUT2D eigenvalue weighted by molar-refractivity contribution is 0.459. The van der Waals surface area contributed by atoms with Crippen molar-refractivity contribution in [2.75, 3.05) is 6.67 Å². The summed E-state index contributed by atoms with van der Waals surface area (Å²) < 4.78 is 12.2. The topological polar surface area (TPSA) is 25.8 Å². The van der Waals surface area contributed by atoms with Gasteiger partial charge in [0.25, 0.3) is 0 Å². The molecule has 0 aliphatic carbocycles. The monoisotopic (exact) mass is 266 g/mol. The fraction of sp³-hybridized carbons (Fsp3) is 0.750. The predicted octanol–water partition coefficient (Wildman–Crippen LogP) is 4.50. The van der Waals surface area contributed by atoms with Crippen LogP contribution >= 0.6 is 0 Å². The molecule has 2 nitrogen and oxygen atoms in total. The van der Waals surface area contributed by atoms with Crippen LogP contribution in [-0.4, -0.2) is 16.6 Å². The fourth-order valence-electron chi connectivity index (χ4n) is 2.39. The van der Waals surface area contributed by atoms with Crippen molar-refractivity contribution in [2.45, 2.75) is 72.1 Å². The molecule has 1 aromatic heterocycles. The molecule has 0 unspecified atom stereocenters. The summed E-state index contributed by atoms with van der Waals surface area (Å²) in [6, 6.07) is 0. The van der Waals surface area contributed by atoms with E-state index in [2.05, 4.69) is 46.5 Å². The van der Waals surface area contributed by atoms with Gasteiger partial charge in [-0.3, -0.25) is 4.39 Å². The van der Waals surface area contributed by atoms with Crippen molar-refractivity contribution < 1.29 is 4.39 Å². The van der Waals surface area contributed by atoms with E-state index in [0.717, 1.165) is 30.1 Å². The lowest BCUT2D eigenvalue weighted by atomic mass is 9.84. The molecule has 0 bridgehead atoms. The Morgan fingerprint density at radius 2 is 1.74 bits per heavy atom. The number of alkyl halides is 1. The zero-order valence-corrected chi connectivity index (χ0v) is 13.2. The Kier molecular flexibility index (Phi) is 5.45. The molecular formula is C16H27FN2. The van der Waals surface area contributed by atoms with E-state index in [9.17, 15) is 4.39 Å². The van der Waals surface area contributed by atoms with Gasteiger partial charge in [0.2, 0.25) is 0 Å². The molecule has 0 spiro atoms. The Bertz CT molecular complexity index is 419. The minimum atomic E-state index is -0.255. The molecule has 0 atom stereocenters. The minimum Gasteiger partial charge on any atom is -0.251 e. The molecule has 1 rings (SSSR count). The standard InChI is InChI=1S/C16H27FN2/c1-11(2)14-12(3)18-13(9-7-8-10-17)19-15(14)16(4,5)6/h11H,7-10H2,1-6H3. The number of unbranched alkanes of at least 4 members (excludes halogenated alkanes) is 1. The van der Waals surface area contributed by atoms with Crippen LogP contribution in [0.25, 0.3) is 0 Å². The Morgan fingerprint density at radius 3 is 2.21 bits per heavy atom. The summed E-state index contributed by atoms with van der Waals surface area (Å²) in [5.74, 6) is 1.29. The first-order valence-corrected chi connectivity index (χ1v) is 7.21. The molecule has 0 aromatic carbocycles. The quantitative estimate of drug-likeness (QED) is 0.733. The Balaban J connectivity index is 3.16. The largest absolute Gasteiger partial charge is 0.251 e. The Morgan fingerprint density at radius 1 is 1.11 bits per heavy atom. The van der Waals surface area contributed by atoms with Crippen molar-refractivity contribution in [3.05, 3.63) is 22.8 Å². The van der Waals surface area contributed by atoms with Gasteiger partial charge in [0.1, 0.15) is 5.82 Å². The molecule has 0 aliphatic rings. The molecule has 0 N–H and O–H groups in total. The molecule has 1 aromatic rings. The highest BCUT2D eigenvalue weighted by Gasteiger charge is 2.24. The van der Waals surface area contributed by atoms with Crippen LogP contribution in [0, 0.1) is 6.92 Å². The predicted molar refractivity (Wildman–Crippen MR) is 78.5 cm³/mol. The molecule has 0 amide bonds. The van der Waals surface area contributed by atoms with Crippen LogP contribution in [0.4, 0.5) is 4.39 Å². The Hall–Kier alpha value is -0.990. The Labute approximate surface area is 116 Å². The van der Waals surface area contributed by atoms with Gasteiger partial charge in [-0.25, -0.2) is 9.97 Å². The van der Waals surface area contributed by atoms with Gasteiger partial charge in [0, 0.05) is 17.5 Å². The highest BCUT2D eigenvalue weighted by Crippen LogP contribution is 2.30. The maximum atomic E-state index is 12.2. The van der Waals surface area contributed by atoms with Crippen molar-refractivity contribution in [3.63, 3.8) is 0 Å². The number of hydrogen-bond acceptors (Lipinski definition) is 2. The molecule has 0 aliphatic heterocycles. The van der Waals surface area contributed by atoms with Crippen LogP contribution in [0.15, 0.2) is 0 Å². The van der Waals surface area contributed by atoms with Gasteiger partial charge in [-0.15, -0.1) is 0 Å². The molecule has 0 radical (unpaired) electrons. The van der Waals surface area contributed by atoms with Crippen LogP contribution in [0.5, 0.6) is 0 Å². The van der Waals surface area contributed by atoms with Gasteiger partial charge < -0.3 is 0 Å². The van der Waals surface area contributed by atoms with Crippen molar-refractivity contribution in [2.24, 2.45) is 0 Å². The average molecular weight is 266 g/mol. The van der Waals surface area contributed by atoms with Gasteiger partial charge in [-0.1, -0.05) is 34.6 Å². The molecule has 0 saturated heterocycles. The summed E-state index contributed by atoms with van der Waals surface area (Å²) in [6.07, 6.45) is 2.19. The molecule has 1 heterocycles. The first-order valence-electron chi connectivity index (χ1n) is 7.21. The smallest absolute Gasteiger partial charge is 0.128 e. The van der Waals surface area contributed by atoms with E-state index in [4.69, 9.17) is 4.98 Å². The van der Waals surface area contributed by atoms with Gasteiger partial charge in [0.15, 0.2) is 0 Å². The summed E-state index contributed by atoms with van der Waals surface area (Å²) in [7, 11) is 0. The van der Waals surface area contributed by atoms with Crippen molar-refractivity contribution in [1.82, 2.24) is 9.97 Å². The van der Waals surface area contributed by atoms with Crippen LogP contribution in [-0.2, 0) is 11.8 Å². The summed E-state index contributed by atoms with van der Waals surface area (Å²) in [5.41, 5.74) is 3.50. The van der Waals surface area contributed by atoms with E-state index >= 15 is 0 Å². The summed E-state index contributed by atoms with van der Waals surface area (Å²) in [5, 5.41) is 0. The van der Waals surface area contributed by atoms with Gasteiger partial charge in [-0.2, -0.15) is 0 Å². The average Bonchev–Trinajstić information content (AvgIpc) is 2.26. The number of aromatic nitrogens is 2. The minimum absolute atomic E-state index is 0.0160. The third-order valence-electron chi connectivity index (χ3n) is 3.25. The number of halogens is 1. The summed E-state index contributed by atoms with van der Waals surface area (Å²) in [6.45, 7) is 12.7. The van der Waals surface area contributed by atoms with E-state index in [1.54, 1.807) is 0 Å². The molecule has 108 valence electrons. The zero-order chi connectivity index (χ0) is 14.6. The van der Waals surface area contributed by atoms with Crippen LogP contribution in [0.2, 0.25) is 0 Å². The van der Waals surface area contributed by atoms with E-state index in [-0.39, 0.29) is 12.1 Å². The van der Waals surface area contributed by atoms with E-state index in [1.807, 2.05) is 0 Å². The molecule has 19 heavy (non-hydrogen) atoms. The lowest BCUT2D eigenvalue weighted by Gasteiger charge is -2.25. The van der Waals surface area contributed by atoms with E-state index in [0.29, 0.717) is 12.3 Å². The van der Waals surface area contributed by atoms with Gasteiger partial charge in [0.05, 0.1) is 12.4 Å². The molecule has 3 heteroatoms. The normalized spacial score (nSPS) is 12.2. The molecule has 0 saturated carbocycles. The number of aryl methyl sites for hydroxylation is 2. The second-order valence-corrected chi connectivity index (χ2v) is 6.54. The second-order valence-electron chi connectivity index (χ2n) is 6.54. The highest BCUT2D eigenvalue weighted by atomic mass is 19.1. The van der Waals surface area contributed by atoms with Gasteiger partial charge >= 0.3 is 0 Å². The number of hydrogen-bond donors (Lipinski definition) is 0. The highest BCUT2D eigenvalue weighted by molar-refractivity contribution is 5.33. The number of rotatable bonds is 5. The van der Waals surface area contributed by atoms with E-state index < -0.39 is 0 Å². The zero-order valence-electron chi connectivity index (χ0n) is 13.2. The first-order chi connectivity index (χ1) is 8.77. The lowest BCUT2D eigenvalue weighted by Crippen LogP contribution is -2.21. The maximum absolute atomic E-state index is 12.2.